The minimum atomic E-state index is -0.433. The quantitative estimate of drug-likeness (QED) is 0.739. The van der Waals surface area contributed by atoms with Gasteiger partial charge < -0.3 is 14.5 Å². The van der Waals surface area contributed by atoms with E-state index in [0.717, 1.165) is 5.39 Å². The molecule has 0 unspecified atom stereocenters. The van der Waals surface area contributed by atoms with Crippen molar-refractivity contribution in [3.05, 3.63) is 53.0 Å². The van der Waals surface area contributed by atoms with Gasteiger partial charge in [-0.05, 0) is 18.2 Å². The number of rotatable bonds is 4. The van der Waals surface area contributed by atoms with E-state index in [4.69, 9.17) is 9.15 Å². The van der Waals surface area contributed by atoms with Crippen molar-refractivity contribution in [3.63, 3.8) is 0 Å². The normalized spacial score (nSPS) is 10.6. The van der Waals surface area contributed by atoms with Crippen LogP contribution in [0.1, 0.15) is 0 Å². The Hall–Kier alpha value is -3.09. The number of benzene rings is 1. The van der Waals surface area contributed by atoms with Gasteiger partial charge in [-0.25, -0.2) is 4.79 Å². The minimum absolute atomic E-state index is 0.168. The van der Waals surface area contributed by atoms with Crippen molar-refractivity contribution in [2.45, 2.75) is 0 Å². The maximum absolute atomic E-state index is 11.8. The van der Waals surface area contributed by atoms with E-state index in [-0.39, 0.29) is 12.5 Å². The number of hydrogen-bond acceptors (Lipinski definition) is 5. The highest BCUT2D eigenvalue weighted by atomic mass is 16.5. The van der Waals surface area contributed by atoms with Crippen molar-refractivity contribution >= 4 is 22.7 Å². The van der Waals surface area contributed by atoms with Crippen molar-refractivity contribution in [1.82, 2.24) is 9.78 Å². The van der Waals surface area contributed by atoms with Gasteiger partial charge in [0.15, 0.2) is 12.4 Å². The van der Waals surface area contributed by atoms with E-state index in [9.17, 15) is 9.59 Å². The molecular formula is C15H13N3O4. The summed E-state index contributed by atoms with van der Waals surface area (Å²) in [6.45, 7) is -0.168. The SMILES string of the molecule is Cn1ccc(NC(=O)COc2ccc3ccc(=O)oc3c2)n1. The number of amides is 1. The van der Waals surface area contributed by atoms with Crippen molar-refractivity contribution in [2.24, 2.45) is 7.05 Å². The van der Waals surface area contributed by atoms with Crippen LogP contribution in [0.2, 0.25) is 0 Å². The fraction of sp³-hybridized carbons (Fsp3) is 0.133. The predicted molar refractivity (Wildman–Crippen MR) is 79.8 cm³/mol. The first-order chi connectivity index (χ1) is 10.6. The molecule has 2 heterocycles. The van der Waals surface area contributed by atoms with E-state index in [1.165, 1.54) is 6.07 Å². The largest absolute Gasteiger partial charge is 0.484 e. The second-order valence-electron chi connectivity index (χ2n) is 4.67. The molecule has 1 aromatic carbocycles. The number of aryl methyl sites for hydroxylation is 1. The molecule has 0 aliphatic heterocycles. The Balaban J connectivity index is 1.65. The van der Waals surface area contributed by atoms with Crippen molar-refractivity contribution in [1.29, 1.82) is 0 Å². The average Bonchev–Trinajstić information content (AvgIpc) is 2.89. The lowest BCUT2D eigenvalue weighted by molar-refractivity contribution is -0.118. The van der Waals surface area contributed by atoms with Gasteiger partial charge in [0.2, 0.25) is 0 Å². The highest BCUT2D eigenvalue weighted by molar-refractivity contribution is 5.91. The molecule has 3 aromatic rings. The number of nitrogens with one attached hydrogen (secondary N) is 1. The minimum Gasteiger partial charge on any atom is -0.484 e. The Bertz CT molecular complexity index is 882. The van der Waals surface area contributed by atoms with Crippen LogP contribution in [-0.2, 0) is 11.8 Å². The first-order valence-electron chi connectivity index (χ1n) is 6.56. The molecule has 0 fully saturated rings. The van der Waals surface area contributed by atoms with Gasteiger partial charge in [-0.3, -0.25) is 9.48 Å². The van der Waals surface area contributed by atoms with Crippen molar-refractivity contribution in [2.75, 3.05) is 11.9 Å². The molecule has 112 valence electrons. The number of carbonyl (C=O) groups excluding carboxylic acids is 1. The van der Waals surface area contributed by atoms with Gasteiger partial charge in [-0.1, -0.05) is 0 Å². The number of nitrogens with zero attached hydrogens (tertiary/aromatic N) is 2. The van der Waals surface area contributed by atoms with E-state index in [0.29, 0.717) is 17.2 Å². The van der Waals surface area contributed by atoms with Crippen LogP contribution in [0.5, 0.6) is 5.75 Å². The van der Waals surface area contributed by atoms with Crippen LogP contribution in [0, 0.1) is 0 Å². The fourth-order valence-corrected chi connectivity index (χ4v) is 1.94. The third-order valence-corrected chi connectivity index (χ3v) is 2.95. The van der Waals surface area contributed by atoms with Gasteiger partial charge in [0.05, 0.1) is 0 Å². The third-order valence-electron chi connectivity index (χ3n) is 2.95. The lowest BCUT2D eigenvalue weighted by Crippen LogP contribution is -2.20. The van der Waals surface area contributed by atoms with Crippen LogP contribution in [0.25, 0.3) is 11.0 Å². The molecule has 0 saturated carbocycles. The van der Waals surface area contributed by atoms with E-state index >= 15 is 0 Å². The molecule has 1 amide bonds. The summed E-state index contributed by atoms with van der Waals surface area (Å²) in [7, 11) is 1.76. The molecule has 0 radical (unpaired) electrons. The summed E-state index contributed by atoms with van der Waals surface area (Å²) in [6, 6.07) is 9.73. The first-order valence-corrected chi connectivity index (χ1v) is 6.56. The number of aromatic nitrogens is 2. The maximum Gasteiger partial charge on any atom is 0.336 e. The van der Waals surface area contributed by atoms with Crippen molar-refractivity contribution < 1.29 is 13.9 Å². The molecule has 0 spiro atoms. The number of fused-ring (bicyclic) bond motifs is 1. The van der Waals surface area contributed by atoms with E-state index in [1.807, 2.05) is 0 Å². The summed E-state index contributed by atoms with van der Waals surface area (Å²) in [4.78, 5) is 22.9. The zero-order chi connectivity index (χ0) is 15.5. The second-order valence-corrected chi connectivity index (χ2v) is 4.67. The van der Waals surface area contributed by atoms with Crippen LogP contribution in [-0.4, -0.2) is 22.3 Å². The molecule has 7 nitrogen and oxygen atoms in total. The maximum atomic E-state index is 11.8. The summed E-state index contributed by atoms with van der Waals surface area (Å²) in [6.07, 6.45) is 1.72. The van der Waals surface area contributed by atoms with Crippen LogP contribution in [0.15, 0.2) is 51.8 Å². The lowest BCUT2D eigenvalue weighted by atomic mass is 10.2. The monoisotopic (exact) mass is 299 g/mol. The molecule has 3 rings (SSSR count). The highest BCUT2D eigenvalue weighted by Gasteiger charge is 2.06. The summed E-state index contributed by atoms with van der Waals surface area (Å²) in [5.41, 5.74) is -0.0207. The van der Waals surface area contributed by atoms with Crippen LogP contribution in [0.3, 0.4) is 0 Å². The Morgan fingerprint density at radius 3 is 2.91 bits per heavy atom. The molecular weight excluding hydrogens is 286 g/mol. The molecule has 0 bridgehead atoms. The zero-order valence-electron chi connectivity index (χ0n) is 11.8. The Labute approximate surface area is 125 Å². The smallest absolute Gasteiger partial charge is 0.336 e. The predicted octanol–water partition coefficient (Wildman–Crippen LogP) is 1.54. The average molecular weight is 299 g/mol. The van der Waals surface area contributed by atoms with Gasteiger partial charge in [-0.15, -0.1) is 0 Å². The Kier molecular flexibility index (Phi) is 3.61. The highest BCUT2D eigenvalue weighted by Crippen LogP contribution is 2.19. The third kappa shape index (κ3) is 3.14. The van der Waals surface area contributed by atoms with Gasteiger partial charge in [-0.2, -0.15) is 5.10 Å². The number of ether oxygens (including phenoxy) is 1. The standard InChI is InChI=1S/C15H13N3O4/c1-18-7-6-13(17-18)16-14(19)9-21-11-4-2-10-3-5-15(20)22-12(10)8-11/h2-8H,9H2,1H3,(H,16,17,19). The summed E-state index contributed by atoms with van der Waals surface area (Å²) in [5, 5.41) is 7.43. The summed E-state index contributed by atoms with van der Waals surface area (Å²) in [5.74, 6) is 0.576. The molecule has 1 N–H and O–H groups in total. The van der Waals surface area contributed by atoms with Crippen molar-refractivity contribution in [3.8, 4) is 5.75 Å². The molecule has 2 aromatic heterocycles. The summed E-state index contributed by atoms with van der Waals surface area (Å²) < 4.78 is 12.0. The molecule has 0 aliphatic rings. The number of hydrogen-bond donors (Lipinski definition) is 1. The molecule has 22 heavy (non-hydrogen) atoms. The Morgan fingerprint density at radius 2 is 2.14 bits per heavy atom. The van der Waals surface area contributed by atoms with E-state index < -0.39 is 5.63 Å². The second kappa shape index (κ2) is 5.72. The molecule has 0 saturated heterocycles. The first kappa shape index (κ1) is 13.9. The van der Waals surface area contributed by atoms with Gasteiger partial charge in [0, 0.05) is 36.8 Å². The van der Waals surface area contributed by atoms with Gasteiger partial charge in [0.1, 0.15) is 11.3 Å². The van der Waals surface area contributed by atoms with E-state index in [2.05, 4.69) is 10.4 Å². The van der Waals surface area contributed by atoms with Crippen LogP contribution < -0.4 is 15.7 Å². The zero-order valence-corrected chi connectivity index (χ0v) is 11.8. The molecule has 7 heteroatoms. The topological polar surface area (TPSA) is 86.4 Å². The van der Waals surface area contributed by atoms with E-state index in [1.54, 1.807) is 48.3 Å². The number of anilines is 1. The lowest BCUT2D eigenvalue weighted by Gasteiger charge is -2.06. The summed E-state index contributed by atoms with van der Waals surface area (Å²) >= 11 is 0. The van der Waals surface area contributed by atoms with Crippen LogP contribution in [0.4, 0.5) is 5.82 Å². The number of carbonyl (C=O) groups is 1. The fourth-order valence-electron chi connectivity index (χ4n) is 1.94. The molecule has 0 atom stereocenters. The van der Waals surface area contributed by atoms with Gasteiger partial charge in [0.25, 0.3) is 5.91 Å². The van der Waals surface area contributed by atoms with Crippen LogP contribution >= 0.6 is 0 Å². The molecule has 0 aliphatic carbocycles. The Morgan fingerprint density at radius 1 is 1.32 bits per heavy atom. The van der Waals surface area contributed by atoms with Gasteiger partial charge >= 0.3 is 5.63 Å².